The predicted octanol–water partition coefficient (Wildman–Crippen LogP) is 4.82. The van der Waals surface area contributed by atoms with Gasteiger partial charge in [0.15, 0.2) is 6.10 Å². The van der Waals surface area contributed by atoms with Gasteiger partial charge in [-0.05, 0) is 76.1 Å². The van der Waals surface area contributed by atoms with Crippen LogP contribution in [0, 0.1) is 12.8 Å². The lowest BCUT2D eigenvalue weighted by molar-refractivity contribution is -0.200. The second-order valence-corrected chi connectivity index (χ2v) is 11.4. The van der Waals surface area contributed by atoms with Gasteiger partial charge in [-0.1, -0.05) is 12.1 Å². The average molecular weight is 539 g/mol. The van der Waals surface area contributed by atoms with Gasteiger partial charge in [0.05, 0.1) is 0 Å². The van der Waals surface area contributed by atoms with Crippen molar-refractivity contribution >= 4 is 17.7 Å². The van der Waals surface area contributed by atoms with Gasteiger partial charge in [-0.15, -0.1) is 0 Å². The maximum Gasteiger partial charge on any atom is 0.425 e. The molecule has 38 heavy (non-hydrogen) atoms. The fraction of sp³-hybridized carbons (Fsp3) is 0.714. The molecular weight excluding hydrogens is 497 g/mol. The van der Waals surface area contributed by atoms with Crippen molar-refractivity contribution in [2.45, 2.75) is 76.7 Å². The first kappa shape index (κ1) is 28.5. The molecule has 0 aliphatic carbocycles. The zero-order valence-corrected chi connectivity index (χ0v) is 23.0. The number of nitrogens with zero attached hydrogens (tertiary/aromatic N) is 4. The van der Waals surface area contributed by atoms with Gasteiger partial charge >= 0.3 is 12.3 Å². The van der Waals surface area contributed by atoms with Crippen LogP contribution in [0.1, 0.15) is 56.6 Å². The van der Waals surface area contributed by atoms with Crippen molar-refractivity contribution in [2.75, 3.05) is 51.7 Å². The molecule has 0 aromatic heterocycles. The van der Waals surface area contributed by atoms with Crippen LogP contribution < -0.4 is 4.90 Å². The molecule has 2 amide bonds. The molecule has 3 aliphatic heterocycles. The normalized spacial score (nSPS) is 21.6. The number of carbonyl (C=O) groups excluding carboxylic acids is 2. The fourth-order valence-electron chi connectivity index (χ4n) is 6.25. The number of rotatable bonds is 5. The molecule has 3 heterocycles. The van der Waals surface area contributed by atoms with E-state index in [4.69, 9.17) is 0 Å². The van der Waals surface area contributed by atoms with Crippen molar-refractivity contribution in [1.82, 2.24) is 14.7 Å². The monoisotopic (exact) mass is 538 g/mol. The molecule has 1 unspecified atom stereocenters. The van der Waals surface area contributed by atoms with E-state index in [2.05, 4.69) is 39.7 Å². The second kappa shape index (κ2) is 11.3. The summed E-state index contributed by atoms with van der Waals surface area (Å²) in [5, 5.41) is 0. The highest BCUT2D eigenvalue weighted by atomic mass is 19.4. The van der Waals surface area contributed by atoms with Crippen molar-refractivity contribution in [1.29, 1.82) is 0 Å². The van der Waals surface area contributed by atoms with Gasteiger partial charge in [0.1, 0.15) is 0 Å². The number of halogens is 3. The second-order valence-electron chi connectivity index (χ2n) is 11.4. The Labute approximate surface area is 223 Å². The van der Waals surface area contributed by atoms with E-state index in [-0.39, 0.29) is 17.4 Å². The van der Waals surface area contributed by atoms with Crippen LogP contribution in [0.25, 0.3) is 0 Å². The van der Waals surface area contributed by atoms with Crippen molar-refractivity contribution in [3.8, 4) is 0 Å². The minimum atomic E-state index is -4.56. The molecule has 0 saturated carbocycles. The van der Waals surface area contributed by atoms with Crippen LogP contribution in [-0.2, 0) is 16.1 Å². The number of likely N-dealkylation sites (tertiary alicyclic amines) is 2. The highest BCUT2D eigenvalue weighted by molar-refractivity contribution is 5.78. The maximum absolute atomic E-state index is 12.8. The zero-order chi connectivity index (χ0) is 27.7. The van der Waals surface area contributed by atoms with Gasteiger partial charge < -0.3 is 19.4 Å². The largest absolute Gasteiger partial charge is 0.437 e. The van der Waals surface area contributed by atoms with Gasteiger partial charge in [-0.2, -0.15) is 13.2 Å². The molecular formula is C28H41F3N4O3. The predicted molar refractivity (Wildman–Crippen MR) is 140 cm³/mol. The molecule has 3 fully saturated rings. The van der Waals surface area contributed by atoms with Crippen LogP contribution in [0.4, 0.5) is 23.7 Å². The lowest BCUT2D eigenvalue weighted by Crippen LogP contribution is -2.53. The number of hydrogen-bond acceptors (Lipinski definition) is 5. The topological polar surface area (TPSA) is 56.3 Å². The van der Waals surface area contributed by atoms with Gasteiger partial charge in [0.25, 0.3) is 0 Å². The van der Waals surface area contributed by atoms with Crippen molar-refractivity contribution in [2.24, 2.45) is 5.92 Å². The van der Waals surface area contributed by atoms with Gasteiger partial charge in [-0.25, -0.2) is 4.79 Å². The Morgan fingerprint density at radius 3 is 2.34 bits per heavy atom. The molecule has 1 aromatic rings. The molecule has 0 radical (unpaired) electrons. The van der Waals surface area contributed by atoms with Gasteiger partial charge in [-0.3, -0.25) is 9.69 Å². The van der Waals surface area contributed by atoms with Crippen LogP contribution in [0.2, 0.25) is 0 Å². The molecule has 3 saturated heterocycles. The third-order valence-corrected chi connectivity index (χ3v) is 8.66. The Balaban J connectivity index is 1.41. The van der Waals surface area contributed by atoms with E-state index in [1.807, 2.05) is 14.1 Å². The Kier molecular flexibility index (Phi) is 8.49. The van der Waals surface area contributed by atoms with Crippen molar-refractivity contribution in [3.63, 3.8) is 0 Å². The van der Waals surface area contributed by atoms with E-state index in [0.29, 0.717) is 13.1 Å². The van der Waals surface area contributed by atoms with Gasteiger partial charge in [0.2, 0.25) is 5.91 Å². The highest BCUT2D eigenvalue weighted by Crippen LogP contribution is 2.41. The number of hydrogen-bond donors (Lipinski definition) is 0. The maximum atomic E-state index is 12.8. The van der Waals surface area contributed by atoms with E-state index < -0.39 is 18.4 Å². The summed E-state index contributed by atoms with van der Waals surface area (Å²) >= 11 is 0. The summed E-state index contributed by atoms with van der Waals surface area (Å²) in [5.41, 5.74) is 3.63. The summed E-state index contributed by atoms with van der Waals surface area (Å²) in [6.45, 7) is 7.20. The highest BCUT2D eigenvalue weighted by Gasteiger charge is 2.45. The van der Waals surface area contributed by atoms with Crippen LogP contribution in [0.15, 0.2) is 18.2 Å². The number of piperidine rings is 2. The fourth-order valence-corrected chi connectivity index (χ4v) is 6.25. The molecule has 1 aromatic carbocycles. The van der Waals surface area contributed by atoms with Crippen molar-refractivity contribution in [3.05, 3.63) is 29.3 Å². The number of ether oxygens (including phenoxy) is 1. The Morgan fingerprint density at radius 2 is 1.74 bits per heavy atom. The molecule has 4 rings (SSSR count). The van der Waals surface area contributed by atoms with Crippen LogP contribution in [0.5, 0.6) is 0 Å². The van der Waals surface area contributed by atoms with Crippen LogP contribution >= 0.6 is 0 Å². The van der Waals surface area contributed by atoms with E-state index in [0.717, 1.165) is 71.6 Å². The molecule has 0 N–H and O–H groups in total. The first-order chi connectivity index (χ1) is 17.9. The van der Waals surface area contributed by atoms with Crippen molar-refractivity contribution < 1.29 is 27.5 Å². The molecule has 10 heteroatoms. The molecule has 1 atom stereocenters. The van der Waals surface area contributed by atoms with Crippen LogP contribution in [-0.4, -0.2) is 91.3 Å². The van der Waals surface area contributed by atoms with E-state index in [9.17, 15) is 22.8 Å². The Bertz CT molecular complexity index is 1000. The third kappa shape index (κ3) is 6.21. The minimum absolute atomic E-state index is 0.0559. The quantitative estimate of drug-likeness (QED) is 0.538. The number of alkyl halides is 3. The molecule has 1 spiro atoms. The van der Waals surface area contributed by atoms with E-state index in [1.165, 1.54) is 21.7 Å². The van der Waals surface area contributed by atoms with Crippen LogP contribution in [0.3, 0.4) is 0 Å². The van der Waals surface area contributed by atoms with E-state index in [1.54, 1.807) is 4.90 Å². The van der Waals surface area contributed by atoms with Gasteiger partial charge in [0, 0.05) is 64.0 Å². The lowest BCUT2D eigenvalue weighted by Gasteiger charge is -2.45. The molecule has 0 bridgehead atoms. The first-order valence-corrected chi connectivity index (χ1v) is 13.7. The summed E-state index contributed by atoms with van der Waals surface area (Å²) in [4.78, 5) is 32.8. The Morgan fingerprint density at radius 1 is 1.08 bits per heavy atom. The number of aryl methyl sites for hydroxylation is 1. The number of amides is 2. The smallest absolute Gasteiger partial charge is 0.425 e. The standard InChI is InChI=1S/C28H41F3N4O3/c1-20-6-7-23(24(18-20)33-14-8-22(9-15-33)25(36)32(3)4)19-35-13-5-10-27(35)11-16-34(17-12-27)26(37)38-21(2)28(29,30)31/h6-7,18,21-22H,5,8-17,19H2,1-4H3. The summed E-state index contributed by atoms with van der Waals surface area (Å²) in [7, 11) is 3.63. The molecule has 212 valence electrons. The first-order valence-electron chi connectivity index (χ1n) is 13.7. The summed E-state index contributed by atoms with van der Waals surface area (Å²) in [6, 6.07) is 6.59. The SMILES string of the molecule is Cc1ccc(CN2CCCC23CCN(C(=O)OC(C)C(F)(F)F)CC3)c(N2CCC(C(=O)N(C)C)CC2)c1. The third-order valence-electron chi connectivity index (χ3n) is 8.66. The Hall–Kier alpha value is -2.49. The summed E-state index contributed by atoms with van der Waals surface area (Å²) < 4.78 is 43.2. The lowest BCUT2D eigenvalue weighted by atomic mass is 9.84. The van der Waals surface area contributed by atoms with E-state index >= 15 is 0 Å². The number of anilines is 1. The summed E-state index contributed by atoms with van der Waals surface area (Å²) in [6.07, 6.45) is -2.33. The average Bonchev–Trinajstić information content (AvgIpc) is 3.25. The number of carbonyl (C=O) groups is 2. The molecule has 7 nitrogen and oxygen atoms in total. The summed E-state index contributed by atoms with van der Waals surface area (Å²) in [5.74, 6) is 0.281. The zero-order valence-electron chi connectivity index (χ0n) is 23.0. The number of benzene rings is 1. The molecule has 3 aliphatic rings. The minimum Gasteiger partial charge on any atom is -0.437 e.